The van der Waals surface area contributed by atoms with Crippen LogP contribution in [0.5, 0.6) is 11.5 Å². The minimum atomic E-state index is -0.711. The van der Waals surface area contributed by atoms with Crippen LogP contribution in [0.2, 0.25) is 0 Å². The van der Waals surface area contributed by atoms with Gasteiger partial charge in [-0.15, -0.1) is 0 Å². The lowest BCUT2D eigenvalue weighted by Crippen LogP contribution is -2.62. The maximum atomic E-state index is 13.4. The molecule has 0 aliphatic carbocycles. The van der Waals surface area contributed by atoms with Gasteiger partial charge < -0.3 is 25.0 Å². The van der Waals surface area contributed by atoms with Crippen molar-refractivity contribution < 1.29 is 19.1 Å². The average molecular weight is 389 g/mol. The summed E-state index contributed by atoms with van der Waals surface area (Å²) < 4.78 is 11.0. The maximum Gasteiger partial charge on any atom is 0.254 e. The Labute approximate surface area is 166 Å². The average Bonchev–Trinajstić information content (AvgIpc) is 3.11. The van der Waals surface area contributed by atoms with Crippen molar-refractivity contribution in [1.29, 1.82) is 0 Å². The summed E-state index contributed by atoms with van der Waals surface area (Å²) in [4.78, 5) is 30.4. The largest absolute Gasteiger partial charge is 0.493 e. The zero-order valence-corrected chi connectivity index (χ0v) is 17.1. The molecule has 0 aromatic heterocycles. The number of nitrogens with two attached hydrogens (primary N) is 1. The van der Waals surface area contributed by atoms with Crippen LogP contribution in [0.1, 0.15) is 49.9 Å². The van der Waals surface area contributed by atoms with E-state index in [1.807, 2.05) is 18.7 Å². The van der Waals surface area contributed by atoms with Crippen molar-refractivity contribution in [2.75, 3.05) is 33.4 Å². The van der Waals surface area contributed by atoms with E-state index >= 15 is 0 Å². The van der Waals surface area contributed by atoms with Gasteiger partial charge in [0.25, 0.3) is 5.91 Å². The van der Waals surface area contributed by atoms with Crippen LogP contribution < -0.4 is 15.2 Å². The molecule has 2 aliphatic heterocycles. The highest BCUT2D eigenvalue weighted by molar-refractivity contribution is 6.00. The summed E-state index contributed by atoms with van der Waals surface area (Å²) >= 11 is 0. The Balaban J connectivity index is 1.90. The quantitative estimate of drug-likeness (QED) is 0.805. The van der Waals surface area contributed by atoms with Gasteiger partial charge in [-0.25, -0.2) is 0 Å². The summed E-state index contributed by atoms with van der Waals surface area (Å²) in [5.41, 5.74) is 5.32. The monoisotopic (exact) mass is 389 g/mol. The lowest BCUT2D eigenvalue weighted by molar-refractivity contribution is -0.147. The van der Waals surface area contributed by atoms with Gasteiger partial charge >= 0.3 is 0 Å². The molecule has 2 fully saturated rings. The first kappa shape index (κ1) is 20.5. The smallest absolute Gasteiger partial charge is 0.254 e. The third-order valence-corrected chi connectivity index (χ3v) is 5.79. The molecule has 1 unspecified atom stereocenters. The van der Waals surface area contributed by atoms with Crippen molar-refractivity contribution in [2.24, 2.45) is 5.73 Å². The van der Waals surface area contributed by atoms with E-state index in [4.69, 9.17) is 15.2 Å². The van der Waals surface area contributed by atoms with E-state index in [0.717, 1.165) is 32.2 Å². The molecule has 1 aromatic carbocycles. The third kappa shape index (κ3) is 3.55. The van der Waals surface area contributed by atoms with Crippen LogP contribution in [0.15, 0.2) is 18.2 Å². The van der Waals surface area contributed by atoms with Crippen molar-refractivity contribution in [3.8, 4) is 11.5 Å². The number of benzene rings is 1. The Bertz CT molecular complexity index is 736. The number of amides is 2. The van der Waals surface area contributed by atoms with E-state index in [9.17, 15) is 9.59 Å². The van der Waals surface area contributed by atoms with Gasteiger partial charge in [0.15, 0.2) is 11.5 Å². The molecular weight excluding hydrogens is 358 g/mol. The molecule has 2 heterocycles. The number of likely N-dealkylation sites (tertiary alicyclic amines) is 2. The number of nitrogens with zero attached hydrogens (tertiary/aromatic N) is 2. The highest BCUT2D eigenvalue weighted by atomic mass is 16.5. The van der Waals surface area contributed by atoms with E-state index in [0.29, 0.717) is 36.8 Å². The highest BCUT2D eigenvalue weighted by Gasteiger charge is 2.53. The predicted octanol–water partition coefficient (Wildman–Crippen LogP) is 2.04. The number of carbonyl (C=O) groups excluding carboxylic acids is 2. The number of ether oxygens (including phenoxy) is 2. The van der Waals surface area contributed by atoms with E-state index in [1.165, 1.54) is 0 Å². The van der Waals surface area contributed by atoms with E-state index in [2.05, 4.69) is 0 Å². The van der Waals surface area contributed by atoms with Crippen LogP contribution in [-0.2, 0) is 4.79 Å². The molecule has 1 aromatic rings. The van der Waals surface area contributed by atoms with Gasteiger partial charge in [-0.05, 0) is 57.7 Å². The number of hydrogen-bond acceptors (Lipinski definition) is 5. The van der Waals surface area contributed by atoms with Crippen molar-refractivity contribution in [3.63, 3.8) is 0 Å². The van der Waals surface area contributed by atoms with Crippen LogP contribution >= 0.6 is 0 Å². The number of rotatable bonds is 6. The summed E-state index contributed by atoms with van der Waals surface area (Å²) in [7, 11) is 1.56. The number of hydrogen-bond donors (Lipinski definition) is 1. The molecule has 2 amide bonds. The molecule has 154 valence electrons. The lowest BCUT2D eigenvalue weighted by Gasteiger charge is -2.46. The number of methoxy groups -OCH3 is 1. The molecule has 1 spiro atoms. The third-order valence-electron chi connectivity index (χ3n) is 5.79. The zero-order chi connectivity index (χ0) is 20.3. The molecule has 2 N–H and O–H groups in total. The van der Waals surface area contributed by atoms with E-state index < -0.39 is 5.54 Å². The number of carbonyl (C=O) groups is 2. The molecule has 0 saturated carbocycles. The normalized spacial score (nSPS) is 22.2. The van der Waals surface area contributed by atoms with Gasteiger partial charge in [-0.2, -0.15) is 0 Å². The second-order valence-corrected chi connectivity index (χ2v) is 7.79. The van der Waals surface area contributed by atoms with Gasteiger partial charge in [0, 0.05) is 31.2 Å². The minimum Gasteiger partial charge on any atom is -0.493 e. The van der Waals surface area contributed by atoms with Gasteiger partial charge in [0.1, 0.15) is 12.1 Å². The molecule has 2 aliphatic rings. The van der Waals surface area contributed by atoms with E-state index in [1.54, 1.807) is 30.2 Å². The van der Waals surface area contributed by atoms with Crippen molar-refractivity contribution >= 4 is 11.8 Å². The van der Waals surface area contributed by atoms with Gasteiger partial charge in [-0.1, -0.05) is 0 Å². The maximum absolute atomic E-state index is 13.4. The van der Waals surface area contributed by atoms with Crippen molar-refractivity contribution in [1.82, 2.24) is 9.80 Å². The molecule has 0 bridgehead atoms. The van der Waals surface area contributed by atoms with Gasteiger partial charge in [0.05, 0.1) is 7.11 Å². The molecule has 3 rings (SSSR count). The second kappa shape index (κ2) is 8.39. The summed E-state index contributed by atoms with van der Waals surface area (Å²) in [6, 6.07) is 5.29. The fraction of sp³-hybridized carbons (Fsp3) is 0.619. The second-order valence-electron chi connectivity index (χ2n) is 7.79. The first-order chi connectivity index (χ1) is 13.4. The van der Waals surface area contributed by atoms with Crippen LogP contribution in [0.3, 0.4) is 0 Å². The van der Waals surface area contributed by atoms with Crippen molar-refractivity contribution in [3.05, 3.63) is 23.8 Å². The van der Waals surface area contributed by atoms with Crippen LogP contribution in [-0.4, -0.2) is 66.5 Å². The Morgan fingerprint density at radius 2 is 1.93 bits per heavy atom. The molecule has 7 nitrogen and oxygen atoms in total. The first-order valence-corrected chi connectivity index (χ1v) is 10.1. The Kier molecular flexibility index (Phi) is 6.13. The summed E-state index contributed by atoms with van der Waals surface area (Å²) in [6.07, 6.45) is 3.22. The van der Waals surface area contributed by atoms with Gasteiger partial charge in [0.2, 0.25) is 5.91 Å². The summed E-state index contributed by atoms with van der Waals surface area (Å²) in [5.74, 6) is 1.01. The fourth-order valence-electron chi connectivity index (χ4n) is 4.41. The van der Waals surface area contributed by atoms with Crippen molar-refractivity contribution in [2.45, 2.75) is 51.1 Å². The Hall–Kier alpha value is -2.28. The van der Waals surface area contributed by atoms with Crippen LogP contribution in [0.25, 0.3) is 0 Å². The summed E-state index contributed by atoms with van der Waals surface area (Å²) in [6.45, 7) is 6.13. The molecule has 1 atom stereocenters. The molecule has 2 saturated heterocycles. The molecule has 7 heteroatoms. The van der Waals surface area contributed by atoms with E-state index in [-0.39, 0.29) is 17.9 Å². The molecular formula is C21H31N3O4. The topological polar surface area (TPSA) is 85.1 Å². The van der Waals surface area contributed by atoms with Crippen LogP contribution in [0, 0.1) is 0 Å². The number of piperidine rings is 1. The van der Waals surface area contributed by atoms with Crippen LogP contribution in [0.4, 0.5) is 0 Å². The Morgan fingerprint density at radius 1 is 1.21 bits per heavy atom. The summed E-state index contributed by atoms with van der Waals surface area (Å²) in [5, 5.41) is 0. The Morgan fingerprint density at radius 3 is 2.57 bits per heavy atom. The first-order valence-electron chi connectivity index (χ1n) is 10.1. The SMILES string of the molecule is COc1ccc(C(=O)N2CCCC23CCCN(C(C)C)C3=O)cc1OCCN. The van der Waals surface area contributed by atoms with Gasteiger partial charge in [-0.3, -0.25) is 9.59 Å². The molecule has 28 heavy (non-hydrogen) atoms. The lowest BCUT2D eigenvalue weighted by atomic mass is 9.84. The molecule has 0 radical (unpaired) electrons. The minimum absolute atomic E-state index is 0.0905. The predicted molar refractivity (Wildman–Crippen MR) is 107 cm³/mol. The standard InChI is InChI=1S/C21H31N3O4/c1-15(2)23-11-4-8-21(20(23)26)9-5-12-24(21)19(25)16-6-7-17(27-3)18(14-16)28-13-10-22/h6-7,14-15H,4-5,8-13,22H2,1-3H3. The zero-order valence-electron chi connectivity index (χ0n) is 17.1. The highest BCUT2D eigenvalue weighted by Crippen LogP contribution is 2.40. The fourth-order valence-corrected chi connectivity index (χ4v) is 4.41.